The molecule has 0 saturated carbocycles. The number of hydrogen-bond donors (Lipinski definition) is 1. The molecule has 0 aliphatic carbocycles. The zero-order valence-electron chi connectivity index (χ0n) is 19.4. The van der Waals surface area contributed by atoms with Crippen molar-refractivity contribution in [3.63, 3.8) is 0 Å². The fraction of sp³-hybridized carbons (Fsp3) is 0.346. The van der Waals surface area contributed by atoms with Crippen molar-refractivity contribution in [3.8, 4) is 34.3 Å². The van der Waals surface area contributed by atoms with Gasteiger partial charge in [-0.1, -0.05) is 12.1 Å². The van der Waals surface area contributed by atoms with E-state index in [1.807, 2.05) is 53.8 Å². The van der Waals surface area contributed by atoms with Crippen LogP contribution in [0.2, 0.25) is 0 Å². The van der Waals surface area contributed by atoms with Crippen molar-refractivity contribution >= 4 is 10.9 Å². The Labute approximate surface area is 197 Å². The van der Waals surface area contributed by atoms with Crippen LogP contribution in [-0.2, 0) is 13.6 Å². The summed E-state index contributed by atoms with van der Waals surface area (Å²) in [5.41, 5.74) is 3.38. The van der Waals surface area contributed by atoms with Gasteiger partial charge in [0.25, 0.3) is 0 Å². The maximum Gasteiger partial charge on any atom is 0.220 e. The van der Waals surface area contributed by atoms with Gasteiger partial charge in [0.1, 0.15) is 17.6 Å². The smallest absolute Gasteiger partial charge is 0.220 e. The van der Waals surface area contributed by atoms with Crippen LogP contribution < -0.4 is 10.1 Å². The first kappa shape index (κ1) is 22.1. The summed E-state index contributed by atoms with van der Waals surface area (Å²) < 4.78 is 25.2. The lowest BCUT2D eigenvalue weighted by molar-refractivity contribution is 0.267. The van der Waals surface area contributed by atoms with Crippen molar-refractivity contribution in [1.82, 2.24) is 24.9 Å². The molecular formula is C26H27FN6O. The highest BCUT2D eigenvalue weighted by atomic mass is 19.1. The molecule has 1 saturated heterocycles. The van der Waals surface area contributed by atoms with E-state index >= 15 is 4.39 Å². The summed E-state index contributed by atoms with van der Waals surface area (Å²) in [6.07, 6.45) is 3.92. The van der Waals surface area contributed by atoms with E-state index in [4.69, 9.17) is 9.84 Å². The Morgan fingerprint density at radius 2 is 2.06 bits per heavy atom. The number of halogens is 1. The zero-order chi connectivity index (χ0) is 23.7. The Morgan fingerprint density at radius 3 is 2.82 bits per heavy atom. The van der Waals surface area contributed by atoms with Crippen molar-refractivity contribution < 1.29 is 9.13 Å². The summed E-state index contributed by atoms with van der Waals surface area (Å²) in [5, 5.41) is 23.0. The fourth-order valence-electron chi connectivity index (χ4n) is 4.73. The quantitative estimate of drug-likeness (QED) is 0.460. The van der Waals surface area contributed by atoms with Crippen molar-refractivity contribution in [1.29, 1.82) is 5.26 Å². The molecule has 1 fully saturated rings. The number of aryl methyl sites for hydroxylation is 1. The second-order valence-electron chi connectivity index (χ2n) is 8.66. The number of nitriles is 1. The number of nitrogens with zero attached hydrogens (tertiary/aromatic N) is 5. The fourth-order valence-corrected chi connectivity index (χ4v) is 4.73. The van der Waals surface area contributed by atoms with Crippen LogP contribution in [0, 0.1) is 23.1 Å². The van der Waals surface area contributed by atoms with Crippen LogP contribution in [0.15, 0.2) is 42.6 Å². The van der Waals surface area contributed by atoms with E-state index in [2.05, 4.69) is 10.4 Å². The molecule has 0 spiro atoms. The van der Waals surface area contributed by atoms with Gasteiger partial charge in [0.05, 0.1) is 29.4 Å². The van der Waals surface area contributed by atoms with Crippen LogP contribution in [0.5, 0.6) is 5.88 Å². The molecule has 0 radical (unpaired) electrons. The number of benzene rings is 2. The minimum Gasteiger partial charge on any atom is -0.478 e. The van der Waals surface area contributed by atoms with Gasteiger partial charge in [0.2, 0.25) is 5.88 Å². The van der Waals surface area contributed by atoms with Crippen LogP contribution in [0.1, 0.15) is 25.3 Å². The summed E-state index contributed by atoms with van der Waals surface area (Å²) in [5.74, 6) is 0.515. The van der Waals surface area contributed by atoms with Crippen molar-refractivity contribution in [2.75, 3.05) is 19.7 Å². The second kappa shape index (κ2) is 9.27. The third-order valence-electron chi connectivity index (χ3n) is 6.49. The molecule has 3 heterocycles. The first-order valence-corrected chi connectivity index (χ1v) is 11.7. The third-order valence-corrected chi connectivity index (χ3v) is 6.49. The minimum atomic E-state index is -0.566. The molecule has 2 aromatic heterocycles. The molecule has 174 valence electrons. The van der Waals surface area contributed by atoms with Crippen LogP contribution in [0.25, 0.3) is 33.3 Å². The summed E-state index contributed by atoms with van der Waals surface area (Å²) in [6.45, 7) is 5.05. The summed E-state index contributed by atoms with van der Waals surface area (Å²) in [6, 6.07) is 12.8. The lowest BCUT2D eigenvalue weighted by atomic mass is 9.97. The molecule has 34 heavy (non-hydrogen) atoms. The van der Waals surface area contributed by atoms with E-state index in [0.29, 0.717) is 36.2 Å². The number of rotatable bonds is 6. The van der Waals surface area contributed by atoms with Gasteiger partial charge in [-0.25, -0.2) is 9.07 Å². The standard InChI is InChI=1S/C26H27FN6O/c1-3-34-26-23(18-7-8-22-20(13-18)15-30-32(22)2)25(21-6-4-5-19(14-28)24(21)27)31-33(26)16-17-9-11-29-12-10-17/h4-8,13,15,17,29H,3,9-12,16H2,1-2H3. The Hall–Kier alpha value is -3.70. The zero-order valence-corrected chi connectivity index (χ0v) is 19.4. The molecule has 7 nitrogen and oxygen atoms in total. The lowest BCUT2D eigenvalue weighted by Gasteiger charge is -2.23. The van der Waals surface area contributed by atoms with Crippen molar-refractivity contribution in [3.05, 3.63) is 54.0 Å². The van der Waals surface area contributed by atoms with E-state index < -0.39 is 5.82 Å². The maximum atomic E-state index is 15.4. The van der Waals surface area contributed by atoms with E-state index in [-0.39, 0.29) is 5.56 Å². The summed E-state index contributed by atoms with van der Waals surface area (Å²) in [4.78, 5) is 0. The highest BCUT2D eigenvalue weighted by molar-refractivity contribution is 5.91. The normalized spacial score (nSPS) is 14.4. The van der Waals surface area contributed by atoms with Gasteiger partial charge < -0.3 is 10.1 Å². The van der Waals surface area contributed by atoms with Gasteiger partial charge in [-0.2, -0.15) is 15.5 Å². The molecule has 5 rings (SSSR count). The maximum absolute atomic E-state index is 15.4. The monoisotopic (exact) mass is 458 g/mol. The molecule has 2 aromatic carbocycles. The van der Waals surface area contributed by atoms with Gasteiger partial charge >= 0.3 is 0 Å². The summed E-state index contributed by atoms with van der Waals surface area (Å²) in [7, 11) is 1.90. The van der Waals surface area contributed by atoms with Crippen molar-refractivity contribution in [2.45, 2.75) is 26.3 Å². The molecule has 1 N–H and O–H groups in total. The first-order valence-electron chi connectivity index (χ1n) is 11.7. The van der Waals surface area contributed by atoms with Gasteiger partial charge in [-0.05, 0) is 68.6 Å². The Bertz CT molecular complexity index is 1380. The predicted octanol–water partition coefficient (Wildman–Crippen LogP) is 4.51. The van der Waals surface area contributed by atoms with Crippen LogP contribution in [0.3, 0.4) is 0 Å². The third kappa shape index (κ3) is 3.93. The second-order valence-corrected chi connectivity index (χ2v) is 8.66. The van der Waals surface area contributed by atoms with Gasteiger partial charge in [-0.3, -0.25) is 4.68 Å². The number of nitrogens with one attached hydrogen (secondary N) is 1. The molecule has 0 amide bonds. The molecule has 4 aromatic rings. The highest BCUT2D eigenvalue weighted by Crippen LogP contribution is 2.42. The molecule has 0 bridgehead atoms. The van der Waals surface area contributed by atoms with E-state index in [9.17, 15) is 5.26 Å². The number of ether oxygens (including phenoxy) is 1. The first-order chi connectivity index (χ1) is 16.6. The topological polar surface area (TPSA) is 80.7 Å². The van der Waals surface area contributed by atoms with Gasteiger partial charge in [0, 0.05) is 24.5 Å². The average molecular weight is 459 g/mol. The average Bonchev–Trinajstić information content (AvgIpc) is 3.40. The van der Waals surface area contributed by atoms with E-state index in [1.165, 1.54) is 6.07 Å². The number of fused-ring (bicyclic) bond motifs is 1. The van der Waals surface area contributed by atoms with Crippen LogP contribution >= 0.6 is 0 Å². The lowest BCUT2D eigenvalue weighted by Crippen LogP contribution is -2.30. The van der Waals surface area contributed by atoms with E-state index in [1.54, 1.807) is 12.1 Å². The Balaban J connectivity index is 1.73. The van der Waals surface area contributed by atoms with E-state index in [0.717, 1.165) is 48.0 Å². The largest absolute Gasteiger partial charge is 0.478 e. The number of piperidine rings is 1. The van der Waals surface area contributed by atoms with Crippen molar-refractivity contribution in [2.24, 2.45) is 13.0 Å². The van der Waals surface area contributed by atoms with Gasteiger partial charge in [0.15, 0.2) is 0 Å². The summed E-state index contributed by atoms with van der Waals surface area (Å²) >= 11 is 0. The molecule has 0 unspecified atom stereocenters. The molecule has 0 atom stereocenters. The Kier molecular flexibility index (Phi) is 6.03. The predicted molar refractivity (Wildman–Crippen MR) is 129 cm³/mol. The van der Waals surface area contributed by atoms with Crippen LogP contribution in [-0.4, -0.2) is 39.3 Å². The molecular weight excluding hydrogens is 431 g/mol. The molecule has 8 heteroatoms. The van der Waals surface area contributed by atoms with Crippen LogP contribution in [0.4, 0.5) is 4.39 Å². The van der Waals surface area contributed by atoms with Gasteiger partial charge in [-0.15, -0.1) is 0 Å². The minimum absolute atomic E-state index is 0.00275. The number of hydrogen-bond acceptors (Lipinski definition) is 5. The highest BCUT2D eigenvalue weighted by Gasteiger charge is 2.27. The SMILES string of the molecule is CCOc1c(-c2ccc3c(cnn3C)c2)c(-c2cccc(C#N)c2F)nn1CC1CCNCC1. The molecule has 1 aliphatic heterocycles. The number of aromatic nitrogens is 4. The molecule has 1 aliphatic rings. The Morgan fingerprint density at radius 1 is 1.24 bits per heavy atom.